The molecule has 1 saturated heterocycles. The zero-order valence-electron chi connectivity index (χ0n) is 15.7. The first-order valence-corrected chi connectivity index (χ1v) is 9.92. The lowest BCUT2D eigenvalue weighted by atomic mass is 10.1. The van der Waals surface area contributed by atoms with E-state index in [9.17, 15) is 9.59 Å². The van der Waals surface area contributed by atoms with Crippen molar-refractivity contribution in [3.05, 3.63) is 53.5 Å². The van der Waals surface area contributed by atoms with Gasteiger partial charge in [-0.2, -0.15) is 5.10 Å². The first-order valence-electron chi connectivity index (χ1n) is 9.92. The highest BCUT2D eigenvalue weighted by Crippen LogP contribution is 2.21. The molecular formula is C21H23N5O2. The third-order valence-electron chi connectivity index (χ3n) is 5.81. The van der Waals surface area contributed by atoms with Gasteiger partial charge in [0.15, 0.2) is 5.69 Å². The maximum atomic E-state index is 12.9. The lowest BCUT2D eigenvalue weighted by molar-refractivity contribution is 0.0533. The molecule has 1 aromatic carbocycles. The van der Waals surface area contributed by atoms with E-state index in [0.29, 0.717) is 37.4 Å². The number of para-hydroxylation sites is 1. The van der Waals surface area contributed by atoms with Gasteiger partial charge < -0.3 is 14.8 Å². The molecule has 5 rings (SSSR count). The van der Waals surface area contributed by atoms with Crippen LogP contribution in [0.5, 0.6) is 0 Å². The van der Waals surface area contributed by atoms with Crippen LogP contribution in [0.25, 0.3) is 10.9 Å². The van der Waals surface area contributed by atoms with E-state index in [0.717, 1.165) is 42.4 Å². The minimum Gasteiger partial charge on any atom is -0.360 e. The molecule has 0 atom stereocenters. The van der Waals surface area contributed by atoms with Gasteiger partial charge >= 0.3 is 0 Å². The Kier molecular flexibility index (Phi) is 4.15. The molecule has 2 aliphatic rings. The zero-order chi connectivity index (χ0) is 19.1. The van der Waals surface area contributed by atoms with Gasteiger partial charge in [-0.3, -0.25) is 14.3 Å². The van der Waals surface area contributed by atoms with Crippen LogP contribution < -0.4 is 0 Å². The molecule has 3 aromatic rings. The standard InChI is InChI=1S/C21H23N5O2/c27-20(17-14-22-18-7-2-1-6-16(17)18)24-9-11-25(12-10-24)21(28)19-13-15-5-3-4-8-26(15)23-19/h1-2,6-7,13-14,22H,3-5,8-12H2. The number of rotatable bonds is 2. The smallest absolute Gasteiger partial charge is 0.274 e. The monoisotopic (exact) mass is 377 g/mol. The lowest BCUT2D eigenvalue weighted by Gasteiger charge is -2.34. The summed E-state index contributed by atoms with van der Waals surface area (Å²) in [7, 11) is 0. The van der Waals surface area contributed by atoms with Crippen LogP contribution in [0.3, 0.4) is 0 Å². The molecule has 7 nitrogen and oxygen atoms in total. The number of piperazine rings is 1. The number of hydrogen-bond acceptors (Lipinski definition) is 3. The van der Waals surface area contributed by atoms with E-state index in [1.54, 1.807) is 6.20 Å². The number of nitrogens with zero attached hydrogens (tertiary/aromatic N) is 4. The summed E-state index contributed by atoms with van der Waals surface area (Å²) in [6, 6.07) is 9.75. The summed E-state index contributed by atoms with van der Waals surface area (Å²) >= 11 is 0. The van der Waals surface area contributed by atoms with Crippen molar-refractivity contribution in [1.29, 1.82) is 0 Å². The largest absolute Gasteiger partial charge is 0.360 e. The number of hydrogen-bond donors (Lipinski definition) is 1. The first-order chi connectivity index (χ1) is 13.7. The molecule has 28 heavy (non-hydrogen) atoms. The van der Waals surface area contributed by atoms with Crippen LogP contribution in [-0.4, -0.2) is 62.6 Å². The Bertz CT molecular complexity index is 1020. The van der Waals surface area contributed by atoms with E-state index in [4.69, 9.17) is 0 Å². The summed E-state index contributed by atoms with van der Waals surface area (Å²) in [5, 5.41) is 5.44. The lowest BCUT2D eigenvalue weighted by Crippen LogP contribution is -2.50. The number of nitrogens with one attached hydrogen (secondary N) is 1. The predicted octanol–water partition coefficient (Wildman–Crippen LogP) is 2.30. The number of aryl methyl sites for hydroxylation is 2. The number of H-pyrrole nitrogens is 1. The van der Waals surface area contributed by atoms with Crippen LogP contribution >= 0.6 is 0 Å². The molecule has 144 valence electrons. The number of carbonyl (C=O) groups is 2. The van der Waals surface area contributed by atoms with Crippen LogP contribution in [0.1, 0.15) is 39.4 Å². The van der Waals surface area contributed by atoms with Gasteiger partial charge in [0.2, 0.25) is 0 Å². The molecule has 0 radical (unpaired) electrons. The second kappa shape index (κ2) is 6.82. The van der Waals surface area contributed by atoms with Crippen molar-refractivity contribution < 1.29 is 9.59 Å². The molecule has 7 heteroatoms. The molecule has 2 amide bonds. The van der Waals surface area contributed by atoms with Gasteiger partial charge in [0.1, 0.15) is 0 Å². The fraction of sp³-hybridized carbons (Fsp3) is 0.381. The van der Waals surface area contributed by atoms with Crippen LogP contribution in [-0.2, 0) is 13.0 Å². The summed E-state index contributed by atoms with van der Waals surface area (Å²) in [4.78, 5) is 32.6. The van der Waals surface area contributed by atoms with E-state index in [1.165, 1.54) is 0 Å². The van der Waals surface area contributed by atoms with Gasteiger partial charge in [-0.1, -0.05) is 18.2 Å². The number of carbonyl (C=O) groups excluding carboxylic acids is 2. The SMILES string of the molecule is O=C(c1cc2n(n1)CCCC2)N1CCN(C(=O)c2c[nH]c3ccccc23)CC1. The molecular weight excluding hydrogens is 354 g/mol. The highest BCUT2D eigenvalue weighted by Gasteiger charge is 2.28. The zero-order valence-corrected chi connectivity index (χ0v) is 15.7. The van der Waals surface area contributed by atoms with Crippen molar-refractivity contribution in [2.24, 2.45) is 0 Å². The second-order valence-electron chi connectivity index (χ2n) is 7.53. The summed E-state index contributed by atoms with van der Waals surface area (Å²) < 4.78 is 1.97. The maximum absolute atomic E-state index is 12.9. The summed E-state index contributed by atoms with van der Waals surface area (Å²) in [5.41, 5.74) is 3.34. The Balaban J connectivity index is 1.26. The van der Waals surface area contributed by atoms with E-state index in [-0.39, 0.29) is 11.8 Å². The quantitative estimate of drug-likeness (QED) is 0.745. The molecule has 4 heterocycles. The van der Waals surface area contributed by atoms with Gasteiger partial charge in [-0.25, -0.2) is 0 Å². The normalized spacial score (nSPS) is 17.0. The number of amides is 2. The molecule has 2 aromatic heterocycles. The van der Waals surface area contributed by atoms with E-state index < -0.39 is 0 Å². The van der Waals surface area contributed by atoms with E-state index in [2.05, 4.69) is 10.1 Å². The van der Waals surface area contributed by atoms with Crippen LogP contribution in [0, 0.1) is 0 Å². The van der Waals surface area contributed by atoms with Gasteiger partial charge in [0.25, 0.3) is 11.8 Å². The topological polar surface area (TPSA) is 74.2 Å². The minimum absolute atomic E-state index is 0.0157. The summed E-state index contributed by atoms with van der Waals surface area (Å²) in [6.45, 7) is 3.05. The molecule has 1 fully saturated rings. The summed E-state index contributed by atoms with van der Waals surface area (Å²) in [6.07, 6.45) is 5.05. The van der Waals surface area contributed by atoms with Crippen molar-refractivity contribution in [1.82, 2.24) is 24.6 Å². The average Bonchev–Trinajstić information content (AvgIpc) is 3.37. The van der Waals surface area contributed by atoms with Crippen LogP contribution in [0.4, 0.5) is 0 Å². The van der Waals surface area contributed by atoms with Gasteiger partial charge in [-0.15, -0.1) is 0 Å². The number of aromatic nitrogens is 3. The van der Waals surface area contributed by atoms with Crippen molar-refractivity contribution >= 4 is 22.7 Å². The van der Waals surface area contributed by atoms with Gasteiger partial charge in [-0.05, 0) is 31.4 Å². The van der Waals surface area contributed by atoms with Crippen molar-refractivity contribution in [2.45, 2.75) is 25.8 Å². The molecule has 0 unspecified atom stereocenters. The van der Waals surface area contributed by atoms with Crippen molar-refractivity contribution in [3.63, 3.8) is 0 Å². The van der Waals surface area contributed by atoms with Gasteiger partial charge in [0.05, 0.1) is 5.56 Å². The molecule has 0 aliphatic carbocycles. The van der Waals surface area contributed by atoms with E-state index >= 15 is 0 Å². The third-order valence-corrected chi connectivity index (χ3v) is 5.81. The highest BCUT2D eigenvalue weighted by molar-refractivity contribution is 6.06. The minimum atomic E-state index is -0.0268. The Hall–Kier alpha value is -3.09. The highest BCUT2D eigenvalue weighted by atomic mass is 16.2. The van der Waals surface area contributed by atoms with Crippen LogP contribution in [0.2, 0.25) is 0 Å². The maximum Gasteiger partial charge on any atom is 0.274 e. The first kappa shape index (κ1) is 17.0. The molecule has 0 saturated carbocycles. The summed E-state index contributed by atoms with van der Waals surface area (Å²) in [5.74, 6) is -0.0110. The number of aromatic amines is 1. The molecule has 2 aliphatic heterocycles. The Morgan fingerprint density at radius 3 is 2.46 bits per heavy atom. The van der Waals surface area contributed by atoms with Gasteiger partial charge in [0, 0.05) is 55.5 Å². The second-order valence-corrected chi connectivity index (χ2v) is 7.53. The molecule has 0 bridgehead atoms. The number of fused-ring (bicyclic) bond motifs is 2. The fourth-order valence-corrected chi connectivity index (χ4v) is 4.22. The number of benzene rings is 1. The van der Waals surface area contributed by atoms with Crippen molar-refractivity contribution in [3.8, 4) is 0 Å². The third kappa shape index (κ3) is 2.87. The molecule has 0 spiro atoms. The Labute approximate surface area is 162 Å². The van der Waals surface area contributed by atoms with Crippen molar-refractivity contribution in [2.75, 3.05) is 26.2 Å². The average molecular weight is 377 g/mol. The molecule has 1 N–H and O–H groups in total. The Morgan fingerprint density at radius 2 is 1.68 bits per heavy atom. The van der Waals surface area contributed by atoms with Crippen LogP contribution in [0.15, 0.2) is 36.5 Å². The predicted molar refractivity (Wildman–Crippen MR) is 105 cm³/mol. The fourth-order valence-electron chi connectivity index (χ4n) is 4.22. The van der Waals surface area contributed by atoms with E-state index in [1.807, 2.05) is 44.8 Å². The Morgan fingerprint density at radius 1 is 0.929 bits per heavy atom.